The highest BCUT2D eigenvalue weighted by Gasteiger charge is 2.12. The number of sulfonamides is 1. The van der Waals surface area contributed by atoms with Crippen LogP contribution in [0.5, 0.6) is 0 Å². The first kappa shape index (κ1) is 16.1. The molecular weight excluding hydrogens is 306 g/mol. The maximum Gasteiger partial charge on any atom is 0.315 e. The van der Waals surface area contributed by atoms with E-state index < -0.39 is 10.0 Å². The number of urea groups is 1. The van der Waals surface area contributed by atoms with Gasteiger partial charge in [0, 0.05) is 25.0 Å². The van der Waals surface area contributed by atoms with E-state index >= 15 is 0 Å². The van der Waals surface area contributed by atoms with Crippen LogP contribution in [0, 0.1) is 0 Å². The maximum atomic E-state index is 12.0. The molecule has 0 atom stereocenters. The van der Waals surface area contributed by atoms with Gasteiger partial charge in [-0.25, -0.2) is 17.7 Å². The summed E-state index contributed by atoms with van der Waals surface area (Å²) >= 11 is 0. The molecule has 2 aromatic heterocycles. The molecule has 0 unspecified atom stereocenters. The molecule has 120 valence electrons. The zero-order valence-corrected chi connectivity index (χ0v) is 13.2. The van der Waals surface area contributed by atoms with E-state index in [1.54, 1.807) is 35.1 Å². The summed E-state index contributed by atoms with van der Waals surface area (Å²) in [5, 5.41) is 9.15. The van der Waals surface area contributed by atoms with Gasteiger partial charge in [-0.15, -0.1) is 0 Å². The van der Waals surface area contributed by atoms with Gasteiger partial charge >= 0.3 is 6.03 Å². The lowest BCUT2D eigenvalue weighted by Gasteiger charge is -2.11. The summed E-state index contributed by atoms with van der Waals surface area (Å²) in [6.07, 6.45) is 3.30. The molecule has 8 nitrogen and oxygen atoms in total. The average molecular weight is 325 g/mol. The Bertz CT molecular complexity index is 754. The minimum absolute atomic E-state index is 0.00267. The summed E-state index contributed by atoms with van der Waals surface area (Å²) in [7, 11) is -3.53. The predicted molar refractivity (Wildman–Crippen MR) is 84.3 cm³/mol. The van der Waals surface area contributed by atoms with Gasteiger partial charge in [0.05, 0.1) is 17.0 Å². The summed E-state index contributed by atoms with van der Waals surface area (Å²) < 4.78 is 28.1. The van der Waals surface area contributed by atoms with Gasteiger partial charge in [0.15, 0.2) is 0 Å². The Hall–Kier alpha value is -2.29. The molecule has 0 saturated heterocycles. The predicted octanol–water partition coefficient (Wildman–Crippen LogP) is 0.784. The number of anilines is 1. The highest BCUT2D eigenvalue weighted by atomic mass is 32.2. The molecule has 9 heteroatoms. The summed E-state index contributed by atoms with van der Waals surface area (Å²) in [5.74, 6) is -0.205. The van der Waals surface area contributed by atoms with Crippen LogP contribution in [-0.2, 0) is 10.0 Å². The highest BCUT2D eigenvalue weighted by Crippen LogP contribution is 2.12. The molecular formula is C13H19N5O3S. The van der Waals surface area contributed by atoms with Crippen LogP contribution >= 0.6 is 0 Å². The summed E-state index contributed by atoms with van der Waals surface area (Å²) in [6, 6.07) is 4.69. The van der Waals surface area contributed by atoms with Crippen LogP contribution in [0.1, 0.15) is 13.8 Å². The second kappa shape index (κ2) is 6.65. The zero-order valence-electron chi connectivity index (χ0n) is 12.4. The second-order valence-corrected chi connectivity index (χ2v) is 6.93. The number of pyridine rings is 1. The first-order chi connectivity index (χ1) is 10.4. The zero-order chi connectivity index (χ0) is 16.2. The SMILES string of the molecule is CC(C)NC(=O)NCCS(=O)(=O)Nc1ccn2nccc2c1. The van der Waals surface area contributed by atoms with Gasteiger partial charge in [-0.05, 0) is 32.0 Å². The lowest BCUT2D eigenvalue weighted by atomic mass is 10.4. The van der Waals surface area contributed by atoms with Gasteiger partial charge in [0.2, 0.25) is 10.0 Å². The Morgan fingerprint density at radius 3 is 2.86 bits per heavy atom. The number of nitrogens with one attached hydrogen (secondary N) is 3. The van der Waals surface area contributed by atoms with Crippen LogP contribution in [0.3, 0.4) is 0 Å². The van der Waals surface area contributed by atoms with Crippen molar-refractivity contribution in [2.24, 2.45) is 0 Å². The summed E-state index contributed by atoms with van der Waals surface area (Å²) in [5.41, 5.74) is 1.24. The van der Waals surface area contributed by atoms with Crippen molar-refractivity contribution < 1.29 is 13.2 Å². The molecule has 0 aliphatic rings. The van der Waals surface area contributed by atoms with Crippen LogP contribution in [0.25, 0.3) is 5.52 Å². The van der Waals surface area contributed by atoms with Crippen molar-refractivity contribution in [3.63, 3.8) is 0 Å². The van der Waals surface area contributed by atoms with Gasteiger partial charge < -0.3 is 10.6 Å². The van der Waals surface area contributed by atoms with Crippen molar-refractivity contribution in [3.8, 4) is 0 Å². The average Bonchev–Trinajstić information content (AvgIpc) is 2.84. The van der Waals surface area contributed by atoms with E-state index in [4.69, 9.17) is 0 Å². The van der Waals surface area contributed by atoms with Crippen molar-refractivity contribution >= 4 is 27.3 Å². The number of carbonyl (C=O) groups excluding carboxylic acids is 1. The largest absolute Gasteiger partial charge is 0.337 e. The first-order valence-electron chi connectivity index (χ1n) is 6.84. The van der Waals surface area contributed by atoms with Gasteiger partial charge in [0.25, 0.3) is 0 Å². The van der Waals surface area contributed by atoms with Crippen LogP contribution in [0.4, 0.5) is 10.5 Å². The number of hydrogen-bond acceptors (Lipinski definition) is 4. The normalized spacial score (nSPS) is 11.6. The van der Waals surface area contributed by atoms with E-state index in [0.29, 0.717) is 5.69 Å². The van der Waals surface area contributed by atoms with Crippen LogP contribution < -0.4 is 15.4 Å². The monoisotopic (exact) mass is 325 g/mol. The van der Waals surface area contributed by atoms with Crippen LogP contribution in [0.2, 0.25) is 0 Å². The van der Waals surface area contributed by atoms with Crippen LogP contribution in [-0.4, -0.2) is 42.4 Å². The number of nitrogens with zero attached hydrogens (tertiary/aromatic N) is 2. The second-order valence-electron chi connectivity index (χ2n) is 5.09. The van der Waals surface area contributed by atoms with Gasteiger partial charge in [-0.2, -0.15) is 5.10 Å². The molecule has 0 radical (unpaired) electrons. The number of rotatable bonds is 6. The molecule has 0 spiro atoms. The fraction of sp³-hybridized carbons (Fsp3) is 0.385. The molecule has 0 saturated carbocycles. The van der Waals surface area contributed by atoms with Crippen molar-refractivity contribution in [1.82, 2.24) is 20.2 Å². The Morgan fingerprint density at radius 2 is 2.14 bits per heavy atom. The molecule has 0 bridgehead atoms. The molecule has 3 N–H and O–H groups in total. The van der Waals surface area contributed by atoms with E-state index in [2.05, 4.69) is 20.5 Å². The molecule has 2 heterocycles. The molecule has 22 heavy (non-hydrogen) atoms. The van der Waals surface area contributed by atoms with Crippen LogP contribution in [0.15, 0.2) is 30.6 Å². The quantitative estimate of drug-likeness (QED) is 0.730. The number of carbonyl (C=O) groups is 1. The maximum absolute atomic E-state index is 12.0. The first-order valence-corrected chi connectivity index (χ1v) is 8.49. The van der Waals surface area contributed by atoms with E-state index in [1.165, 1.54) is 0 Å². The van der Waals surface area contributed by atoms with Crippen molar-refractivity contribution in [1.29, 1.82) is 0 Å². The molecule has 2 rings (SSSR count). The number of amides is 2. The minimum Gasteiger partial charge on any atom is -0.337 e. The molecule has 0 fully saturated rings. The van der Waals surface area contributed by atoms with E-state index in [9.17, 15) is 13.2 Å². The minimum atomic E-state index is -3.53. The smallest absolute Gasteiger partial charge is 0.315 e. The topological polar surface area (TPSA) is 105 Å². The van der Waals surface area contributed by atoms with E-state index in [0.717, 1.165) is 5.52 Å². The lowest BCUT2D eigenvalue weighted by Crippen LogP contribution is -2.41. The Morgan fingerprint density at radius 1 is 1.36 bits per heavy atom. The van der Waals surface area contributed by atoms with Gasteiger partial charge in [-0.3, -0.25) is 4.72 Å². The molecule has 2 amide bonds. The number of aromatic nitrogens is 2. The number of fused-ring (bicyclic) bond motifs is 1. The third-order valence-electron chi connectivity index (χ3n) is 2.75. The molecule has 2 aromatic rings. The fourth-order valence-electron chi connectivity index (χ4n) is 1.83. The van der Waals surface area contributed by atoms with Crippen molar-refractivity contribution in [3.05, 3.63) is 30.6 Å². The van der Waals surface area contributed by atoms with E-state index in [1.807, 2.05) is 13.8 Å². The van der Waals surface area contributed by atoms with Crippen molar-refractivity contribution in [2.75, 3.05) is 17.0 Å². The standard InChI is InChI=1S/C13H19N5O3S/c1-10(2)16-13(19)14-6-8-22(20,21)17-11-4-7-18-12(9-11)3-5-15-18/h3-5,7,9-10,17H,6,8H2,1-2H3,(H2,14,16,19). The Balaban J connectivity index is 1.89. The Labute approximate surface area is 128 Å². The number of hydrogen-bond donors (Lipinski definition) is 3. The third-order valence-corrected chi connectivity index (χ3v) is 4.04. The summed E-state index contributed by atoms with van der Waals surface area (Å²) in [4.78, 5) is 11.4. The van der Waals surface area contributed by atoms with Gasteiger partial charge in [-0.1, -0.05) is 0 Å². The van der Waals surface area contributed by atoms with Gasteiger partial charge in [0.1, 0.15) is 0 Å². The van der Waals surface area contributed by atoms with E-state index in [-0.39, 0.29) is 24.4 Å². The molecule has 0 aromatic carbocycles. The Kier molecular flexibility index (Phi) is 4.86. The lowest BCUT2D eigenvalue weighted by molar-refractivity contribution is 0.239. The molecule has 0 aliphatic heterocycles. The fourth-order valence-corrected chi connectivity index (χ4v) is 2.79. The van der Waals surface area contributed by atoms with Crippen molar-refractivity contribution in [2.45, 2.75) is 19.9 Å². The molecule has 0 aliphatic carbocycles. The highest BCUT2D eigenvalue weighted by molar-refractivity contribution is 7.92. The summed E-state index contributed by atoms with van der Waals surface area (Å²) in [6.45, 7) is 3.68. The third kappa shape index (κ3) is 4.62.